The number of hydrogen-bond acceptors (Lipinski definition) is 3. The maximum absolute atomic E-state index is 5.78. The molecule has 0 aliphatic rings. The SMILES string of the molecule is CC(OCc1ccccc1)[C@H](N)CS. The largest absolute Gasteiger partial charge is 0.372 e. The highest BCUT2D eigenvalue weighted by Gasteiger charge is 2.10. The third-order valence-electron chi connectivity index (χ3n) is 2.17. The minimum absolute atomic E-state index is 0.00189. The predicted octanol–water partition coefficient (Wildman–Crippen LogP) is 1.85. The highest BCUT2D eigenvalue weighted by atomic mass is 32.1. The van der Waals surface area contributed by atoms with Gasteiger partial charge in [0, 0.05) is 11.8 Å². The van der Waals surface area contributed by atoms with E-state index in [1.165, 1.54) is 5.56 Å². The zero-order chi connectivity index (χ0) is 10.4. The number of thiol groups is 1. The van der Waals surface area contributed by atoms with Gasteiger partial charge in [-0.15, -0.1) is 0 Å². The Morgan fingerprint density at radius 1 is 1.36 bits per heavy atom. The Balaban J connectivity index is 2.34. The summed E-state index contributed by atoms with van der Waals surface area (Å²) < 4.78 is 5.61. The van der Waals surface area contributed by atoms with Gasteiger partial charge in [0.2, 0.25) is 0 Å². The number of hydrogen-bond donors (Lipinski definition) is 2. The molecule has 1 aromatic rings. The van der Waals surface area contributed by atoms with Crippen molar-refractivity contribution in [1.29, 1.82) is 0 Å². The molecule has 0 spiro atoms. The highest BCUT2D eigenvalue weighted by Crippen LogP contribution is 2.05. The molecule has 1 aromatic carbocycles. The van der Waals surface area contributed by atoms with E-state index in [1.54, 1.807) is 0 Å². The molecule has 0 amide bonds. The van der Waals surface area contributed by atoms with Crippen molar-refractivity contribution in [3.63, 3.8) is 0 Å². The Hall–Kier alpha value is -0.510. The van der Waals surface area contributed by atoms with Crippen LogP contribution in [0.2, 0.25) is 0 Å². The lowest BCUT2D eigenvalue weighted by Gasteiger charge is -2.18. The number of benzene rings is 1. The fourth-order valence-electron chi connectivity index (χ4n) is 1.07. The van der Waals surface area contributed by atoms with Crippen LogP contribution >= 0.6 is 12.6 Å². The first-order valence-corrected chi connectivity index (χ1v) is 5.39. The van der Waals surface area contributed by atoms with Gasteiger partial charge in [0.25, 0.3) is 0 Å². The summed E-state index contributed by atoms with van der Waals surface area (Å²) in [5, 5.41) is 0. The number of rotatable bonds is 5. The smallest absolute Gasteiger partial charge is 0.0721 e. The third-order valence-corrected chi connectivity index (χ3v) is 2.59. The molecule has 0 aromatic heterocycles. The lowest BCUT2D eigenvalue weighted by Crippen LogP contribution is -2.36. The summed E-state index contributed by atoms with van der Waals surface area (Å²) >= 11 is 4.13. The van der Waals surface area contributed by atoms with Crippen molar-refractivity contribution in [2.75, 3.05) is 5.75 Å². The van der Waals surface area contributed by atoms with Crippen LogP contribution < -0.4 is 5.73 Å². The molecule has 0 fully saturated rings. The zero-order valence-corrected chi connectivity index (χ0v) is 9.28. The van der Waals surface area contributed by atoms with Crippen molar-refractivity contribution in [2.45, 2.75) is 25.7 Å². The maximum atomic E-state index is 5.78. The van der Waals surface area contributed by atoms with Crippen LogP contribution in [-0.2, 0) is 11.3 Å². The molecule has 78 valence electrons. The van der Waals surface area contributed by atoms with Gasteiger partial charge >= 0.3 is 0 Å². The van der Waals surface area contributed by atoms with Gasteiger partial charge in [-0.25, -0.2) is 0 Å². The van der Waals surface area contributed by atoms with Crippen LogP contribution in [0.5, 0.6) is 0 Å². The summed E-state index contributed by atoms with van der Waals surface area (Å²) in [5.41, 5.74) is 6.95. The van der Waals surface area contributed by atoms with Crippen LogP contribution in [0.4, 0.5) is 0 Å². The van der Waals surface area contributed by atoms with Crippen molar-refractivity contribution in [2.24, 2.45) is 5.73 Å². The molecule has 2 nitrogen and oxygen atoms in total. The van der Waals surface area contributed by atoms with Crippen LogP contribution in [0.1, 0.15) is 12.5 Å². The molecule has 0 radical (unpaired) electrons. The lowest BCUT2D eigenvalue weighted by molar-refractivity contribution is 0.0408. The fraction of sp³-hybridized carbons (Fsp3) is 0.455. The lowest BCUT2D eigenvalue weighted by atomic mass is 10.2. The standard InChI is InChI=1S/C11H17NOS/c1-9(11(12)8-14)13-7-10-5-3-2-4-6-10/h2-6,9,11,14H,7-8,12H2,1H3/t9?,11-/m1/s1. The summed E-state index contributed by atoms with van der Waals surface area (Å²) in [6, 6.07) is 10.1. The molecule has 3 heteroatoms. The monoisotopic (exact) mass is 211 g/mol. The number of ether oxygens (including phenoxy) is 1. The first-order chi connectivity index (χ1) is 6.74. The Bertz CT molecular complexity index is 253. The van der Waals surface area contributed by atoms with E-state index >= 15 is 0 Å². The molecule has 0 aliphatic carbocycles. The topological polar surface area (TPSA) is 35.2 Å². The quantitative estimate of drug-likeness (QED) is 0.729. The van der Waals surface area contributed by atoms with E-state index in [0.29, 0.717) is 12.4 Å². The second-order valence-electron chi connectivity index (χ2n) is 3.35. The molecular formula is C11H17NOS. The predicted molar refractivity (Wildman–Crippen MR) is 62.5 cm³/mol. The first kappa shape index (κ1) is 11.6. The van der Waals surface area contributed by atoms with E-state index < -0.39 is 0 Å². The van der Waals surface area contributed by atoms with Gasteiger partial charge in [-0.1, -0.05) is 30.3 Å². The summed E-state index contributed by atoms with van der Waals surface area (Å²) in [5.74, 6) is 0.649. The van der Waals surface area contributed by atoms with E-state index in [4.69, 9.17) is 10.5 Å². The molecule has 0 heterocycles. The molecule has 1 unspecified atom stereocenters. The molecule has 14 heavy (non-hydrogen) atoms. The molecule has 0 saturated carbocycles. The minimum Gasteiger partial charge on any atom is -0.372 e. The van der Waals surface area contributed by atoms with E-state index in [9.17, 15) is 0 Å². The number of nitrogens with two attached hydrogens (primary N) is 1. The molecule has 2 N–H and O–H groups in total. The van der Waals surface area contributed by atoms with E-state index in [2.05, 4.69) is 12.6 Å². The van der Waals surface area contributed by atoms with Crippen LogP contribution in [0.25, 0.3) is 0 Å². The van der Waals surface area contributed by atoms with Gasteiger partial charge in [-0.05, 0) is 12.5 Å². The Kier molecular flexibility index (Phi) is 5.01. The van der Waals surface area contributed by atoms with Gasteiger partial charge in [0.05, 0.1) is 12.7 Å². The van der Waals surface area contributed by atoms with Crippen LogP contribution in [0.3, 0.4) is 0 Å². The van der Waals surface area contributed by atoms with Crippen LogP contribution in [-0.4, -0.2) is 17.9 Å². The van der Waals surface area contributed by atoms with Gasteiger partial charge in [0.1, 0.15) is 0 Å². The molecule has 0 aliphatic heterocycles. The highest BCUT2D eigenvalue weighted by molar-refractivity contribution is 7.80. The summed E-state index contributed by atoms with van der Waals surface area (Å²) in [6.45, 7) is 2.59. The molecular weight excluding hydrogens is 194 g/mol. The second kappa shape index (κ2) is 6.06. The average molecular weight is 211 g/mol. The van der Waals surface area contributed by atoms with Crippen molar-refractivity contribution < 1.29 is 4.74 Å². The second-order valence-corrected chi connectivity index (χ2v) is 3.71. The van der Waals surface area contributed by atoms with Gasteiger partial charge < -0.3 is 10.5 Å². The minimum atomic E-state index is 0.00189. The molecule has 1 rings (SSSR count). The van der Waals surface area contributed by atoms with E-state index in [-0.39, 0.29) is 12.1 Å². The van der Waals surface area contributed by atoms with Gasteiger partial charge in [0.15, 0.2) is 0 Å². The van der Waals surface area contributed by atoms with Gasteiger partial charge in [-0.3, -0.25) is 0 Å². The Morgan fingerprint density at radius 2 is 2.00 bits per heavy atom. The third kappa shape index (κ3) is 3.70. The zero-order valence-electron chi connectivity index (χ0n) is 8.39. The van der Waals surface area contributed by atoms with Crippen LogP contribution in [0, 0.1) is 0 Å². The maximum Gasteiger partial charge on any atom is 0.0721 e. The average Bonchev–Trinajstić information content (AvgIpc) is 2.26. The van der Waals surface area contributed by atoms with Crippen LogP contribution in [0.15, 0.2) is 30.3 Å². The normalized spacial score (nSPS) is 15.1. The summed E-state index contributed by atoms with van der Waals surface area (Å²) in [7, 11) is 0. The summed E-state index contributed by atoms with van der Waals surface area (Å²) in [6.07, 6.45) is 0.0488. The van der Waals surface area contributed by atoms with Crippen molar-refractivity contribution in [3.8, 4) is 0 Å². The van der Waals surface area contributed by atoms with Crippen molar-refractivity contribution >= 4 is 12.6 Å². The molecule has 0 bridgehead atoms. The Morgan fingerprint density at radius 3 is 2.57 bits per heavy atom. The summed E-state index contributed by atoms with van der Waals surface area (Å²) in [4.78, 5) is 0. The molecule has 2 atom stereocenters. The fourth-order valence-corrected chi connectivity index (χ4v) is 1.37. The van der Waals surface area contributed by atoms with Crippen molar-refractivity contribution in [3.05, 3.63) is 35.9 Å². The Labute approximate surface area is 90.9 Å². The van der Waals surface area contributed by atoms with Gasteiger partial charge in [-0.2, -0.15) is 12.6 Å². The van der Waals surface area contributed by atoms with E-state index in [1.807, 2.05) is 37.3 Å². The molecule has 0 saturated heterocycles. The van der Waals surface area contributed by atoms with E-state index in [0.717, 1.165) is 0 Å². The van der Waals surface area contributed by atoms with Crippen molar-refractivity contribution in [1.82, 2.24) is 0 Å². The first-order valence-electron chi connectivity index (χ1n) is 4.76.